The van der Waals surface area contributed by atoms with Crippen LogP contribution in [0.4, 0.5) is 0 Å². The molecule has 0 radical (unpaired) electrons. The second kappa shape index (κ2) is 16.9. The maximum Gasteiger partial charge on any atom is 0.264 e. The predicted octanol–water partition coefficient (Wildman–Crippen LogP) is 2.00. The van der Waals surface area contributed by atoms with Gasteiger partial charge in [0.15, 0.2) is 5.60 Å². The predicted molar refractivity (Wildman–Crippen MR) is 190 cm³/mol. The lowest BCUT2D eigenvalue weighted by molar-refractivity contribution is -0.143. The van der Waals surface area contributed by atoms with Gasteiger partial charge in [0.1, 0.15) is 47.7 Å². The summed E-state index contributed by atoms with van der Waals surface area (Å²) in [7, 11) is 3.01. The van der Waals surface area contributed by atoms with Crippen LogP contribution in [0.1, 0.15) is 42.6 Å². The average Bonchev–Trinajstić information content (AvgIpc) is 3.16. The van der Waals surface area contributed by atoms with Gasteiger partial charge in [0.05, 0.1) is 20.8 Å². The van der Waals surface area contributed by atoms with Crippen LogP contribution in [-0.4, -0.2) is 98.6 Å². The van der Waals surface area contributed by atoms with E-state index in [9.17, 15) is 24.0 Å². The molecule has 0 saturated carbocycles. The Morgan fingerprint density at radius 3 is 2.04 bits per heavy atom. The van der Waals surface area contributed by atoms with Crippen LogP contribution in [0.2, 0.25) is 0 Å². The molecule has 3 aliphatic heterocycles. The largest absolute Gasteiger partial charge is 0.497 e. The van der Waals surface area contributed by atoms with Gasteiger partial charge in [-0.3, -0.25) is 24.0 Å². The number of rotatable bonds is 5. The fourth-order valence-corrected chi connectivity index (χ4v) is 6.01. The number of carbonyl (C=O) groups is 5. The van der Waals surface area contributed by atoms with Crippen molar-refractivity contribution < 1.29 is 42.9 Å². The fourth-order valence-electron chi connectivity index (χ4n) is 6.01. The summed E-state index contributed by atoms with van der Waals surface area (Å²) in [5, 5.41) is 11.0. The Kier molecular flexibility index (Phi) is 12.2. The first kappa shape index (κ1) is 37.5. The summed E-state index contributed by atoms with van der Waals surface area (Å²) >= 11 is 0. The minimum absolute atomic E-state index is 0.120. The average molecular weight is 716 g/mol. The Balaban J connectivity index is 1.39. The molecule has 3 atom stereocenters. The summed E-state index contributed by atoms with van der Waals surface area (Å²) in [6.07, 6.45) is 0.386. The Morgan fingerprint density at radius 2 is 1.40 bits per heavy atom. The van der Waals surface area contributed by atoms with E-state index in [0.29, 0.717) is 28.6 Å². The Morgan fingerprint density at radius 1 is 0.788 bits per heavy atom. The van der Waals surface area contributed by atoms with Crippen LogP contribution in [0.5, 0.6) is 23.0 Å². The number of hydrogen-bond acceptors (Lipinski definition) is 9. The van der Waals surface area contributed by atoms with Crippen LogP contribution < -0.4 is 40.2 Å². The maximum atomic E-state index is 14.2. The number of piperidine rings is 1. The van der Waals surface area contributed by atoms with Crippen molar-refractivity contribution in [1.82, 2.24) is 26.2 Å². The standard InChI is InChI=1S/C38H45N5O9/c1-24-33(44)39-16-19-51-28-10-12-29(13-11-28)52-38(14-17-43(18-15-38)36(47)27-21-30(49-3)23-31(22-27)50-4)37(48)41-25(2)34(45)42-32(35(46)40-24)20-26-8-6-5-7-9-26/h5-13,21-25,32H,14-20H2,1-4H3,(H,39,44)(H,40,46)(H,41,48)(H,42,45)/t24-,25-,32-/m0/s1. The zero-order chi connectivity index (χ0) is 37.3. The minimum Gasteiger partial charge on any atom is -0.497 e. The van der Waals surface area contributed by atoms with E-state index in [4.69, 9.17) is 18.9 Å². The monoisotopic (exact) mass is 715 g/mol. The quantitative estimate of drug-likeness (QED) is 0.288. The van der Waals surface area contributed by atoms with Gasteiger partial charge < -0.3 is 45.1 Å². The summed E-state index contributed by atoms with van der Waals surface area (Å²) < 4.78 is 22.9. The normalized spacial score (nSPS) is 21.4. The topological polar surface area (TPSA) is 174 Å². The first-order valence-corrected chi connectivity index (χ1v) is 17.2. The van der Waals surface area contributed by atoms with Gasteiger partial charge in [0.25, 0.3) is 11.8 Å². The Bertz CT molecular complexity index is 1720. The molecule has 14 nitrogen and oxygen atoms in total. The van der Waals surface area contributed by atoms with Crippen molar-refractivity contribution in [1.29, 1.82) is 0 Å². The molecule has 3 aromatic carbocycles. The number of methoxy groups -OCH3 is 2. The number of benzene rings is 3. The number of nitrogens with zero attached hydrogens (tertiary/aromatic N) is 1. The molecule has 0 aliphatic carbocycles. The van der Waals surface area contributed by atoms with Gasteiger partial charge in [-0.15, -0.1) is 0 Å². The highest BCUT2D eigenvalue weighted by Crippen LogP contribution is 2.32. The second-order valence-corrected chi connectivity index (χ2v) is 12.8. The van der Waals surface area contributed by atoms with Gasteiger partial charge in [0, 0.05) is 44.0 Å². The van der Waals surface area contributed by atoms with Crippen LogP contribution in [-0.2, 0) is 25.6 Å². The summed E-state index contributed by atoms with van der Waals surface area (Å²) in [5.41, 5.74) is -0.283. The Labute approximate surface area is 302 Å². The molecule has 0 unspecified atom stereocenters. The lowest BCUT2D eigenvalue weighted by Crippen LogP contribution is -2.61. The van der Waals surface area contributed by atoms with Crippen LogP contribution in [0.3, 0.4) is 0 Å². The highest BCUT2D eigenvalue weighted by atomic mass is 16.5. The third kappa shape index (κ3) is 9.30. The number of fused-ring (bicyclic) bond motifs is 15. The van der Waals surface area contributed by atoms with Crippen LogP contribution >= 0.6 is 0 Å². The number of amides is 5. The zero-order valence-electron chi connectivity index (χ0n) is 29.7. The zero-order valence-corrected chi connectivity index (χ0v) is 29.7. The fraction of sp³-hybridized carbons (Fsp3) is 0.395. The summed E-state index contributed by atoms with van der Waals surface area (Å²) in [6, 6.07) is 17.7. The van der Waals surface area contributed by atoms with E-state index in [1.807, 2.05) is 30.3 Å². The molecule has 3 heterocycles. The van der Waals surface area contributed by atoms with Gasteiger partial charge in [-0.2, -0.15) is 0 Å². The molecule has 1 spiro atoms. The van der Waals surface area contributed by atoms with E-state index in [1.54, 1.807) is 54.3 Å². The second-order valence-electron chi connectivity index (χ2n) is 12.8. The molecule has 3 aliphatic rings. The van der Waals surface area contributed by atoms with Crippen molar-refractivity contribution in [2.24, 2.45) is 0 Å². The molecule has 3 aromatic rings. The van der Waals surface area contributed by atoms with Gasteiger partial charge in [0.2, 0.25) is 17.7 Å². The van der Waals surface area contributed by atoms with Crippen molar-refractivity contribution >= 4 is 29.5 Å². The summed E-state index contributed by atoms with van der Waals surface area (Å²) in [4.78, 5) is 69.2. The van der Waals surface area contributed by atoms with Crippen molar-refractivity contribution in [2.75, 3.05) is 40.5 Å². The maximum absolute atomic E-state index is 14.2. The minimum atomic E-state index is -1.44. The molecule has 0 aromatic heterocycles. The molecule has 276 valence electrons. The number of carbonyl (C=O) groups excluding carboxylic acids is 5. The molecule has 14 heteroatoms. The lowest BCUT2D eigenvalue weighted by Gasteiger charge is -2.41. The van der Waals surface area contributed by atoms with Crippen molar-refractivity contribution in [3.63, 3.8) is 0 Å². The molecular weight excluding hydrogens is 670 g/mol. The number of nitrogens with one attached hydrogen (secondary N) is 4. The summed E-state index contributed by atoms with van der Waals surface area (Å²) in [5.74, 6) is -0.556. The lowest BCUT2D eigenvalue weighted by atomic mass is 9.89. The van der Waals surface area contributed by atoms with E-state index >= 15 is 0 Å². The van der Waals surface area contributed by atoms with Gasteiger partial charge in [-0.05, 0) is 55.8 Å². The third-order valence-corrected chi connectivity index (χ3v) is 9.09. The van der Waals surface area contributed by atoms with Crippen molar-refractivity contribution in [3.8, 4) is 23.0 Å². The van der Waals surface area contributed by atoms with Gasteiger partial charge >= 0.3 is 0 Å². The van der Waals surface area contributed by atoms with Crippen LogP contribution in [0.15, 0.2) is 72.8 Å². The summed E-state index contributed by atoms with van der Waals surface area (Å²) in [6.45, 7) is 3.76. The first-order valence-electron chi connectivity index (χ1n) is 17.2. The molecule has 4 N–H and O–H groups in total. The number of ether oxygens (including phenoxy) is 4. The highest BCUT2D eigenvalue weighted by molar-refractivity contribution is 5.97. The van der Waals surface area contributed by atoms with E-state index < -0.39 is 47.4 Å². The molecular formula is C38H45N5O9. The van der Waals surface area contributed by atoms with Crippen molar-refractivity contribution in [3.05, 3.63) is 83.9 Å². The Hall–Kier alpha value is -5.79. The molecule has 1 saturated heterocycles. The number of hydrogen-bond donors (Lipinski definition) is 4. The molecule has 52 heavy (non-hydrogen) atoms. The van der Waals surface area contributed by atoms with Crippen LogP contribution in [0.25, 0.3) is 0 Å². The SMILES string of the molecule is COc1cc(OC)cc(C(=O)N2CCC3(CC2)Oc2ccc(cc2)OCCNC(=O)[C@H](C)NC(=O)[C@H](Cc2ccccc2)NC(=O)[C@H](C)NC3=O)c1. The molecule has 6 rings (SSSR count). The number of likely N-dealkylation sites (tertiary alicyclic amines) is 1. The molecule has 1 fully saturated rings. The third-order valence-electron chi connectivity index (χ3n) is 9.09. The molecule has 5 amide bonds. The first-order chi connectivity index (χ1) is 25.0. The smallest absolute Gasteiger partial charge is 0.264 e. The van der Waals surface area contributed by atoms with E-state index in [0.717, 1.165) is 5.56 Å². The van der Waals surface area contributed by atoms with Gasteiger partial charge in [-0.1, -0.05) is 30.3 Å². The molecule has 2 bridgehead atoms. The van der Waals surface area contributed by atoms with E-state index in [2.05, 4.69) is 21.3 Å². The van der Waals surface area contributed by atoms with Crippen LogP contribution in [0, 0.1) is 0 Å². The van der Waals surface area contributed by atoms with E-state index in [-0.39, 0.29) is 51.4 Å². The highest BCUT2D eigenvalue weighted by Gasteiger charge is 2.46. The van der Waals surface area contributed by atoms with E-state index in [1.165, 1.54) is 21.1 Å². The van der Waals surface area contributed by atoms with Gasteiger partial charge in [-0.25, -0.2) is 0 Å². The van der Waals surface area contributed by atoms with Crippen molar-refractivity contribution in [2.45, 2.75) is 56.8 Å².